The first-order valence-corrected chi connectivity index (χ1v) is 15.2. The minimum Gasteiger partial charge on any atom is -0.459 e. The number of hydrogen-bond donors (Lipinski definition) is 1. The second-order valence-corrected chi connectivity index (χ2v) is 12.2. The number of benzene rings is 1. The van der Waals surface area contributed by atoms with E-state index < -0.39 is 5.97 Å². The molecular formula is C33H50O3. The molecule has 0 radical (unpaired) electrons. The smallest absolute Gasteiger partial charge is 0.336 e. The van der Waals surface area contributed by atoms with Crippen LogP contribution in [0, 0.1) is 17.8 Å². The Morgan fingerprint density at radius 2 is 1.31 bits per heavy atom. The Balaban J connectivity index is 1.17. The van der Waals surface area contributed by atoms with E-state index in [9.17, 15) is 4.79 Å². The van der Waals surface area contributed by atoms with Gasteiger partial charge in [0.1, 0.15) is 6.10 Å². The van der Waals surface area contributed by atoms with Crippen LogP contribution in [0.25, 0.3) is 0 Å². The fourth-order valence-electron chi connectivity index (χ4n) is 7.41. The van der Waals surface area contributed by atoms with Gasteiger partial charge in [0.15, 0.2) is 0 Å². The highest BCUT2D eigenvalue weighted by atomic mass is 16.5. The Labute approximate surface area is 220 Å². The van der Waals surface area contributed by atoms with Crippen LogP contribution in [0.4, 0.5) is 0 Å². The largest absolute Gasteiger partial charge is 0.459 e. The number of esters is 1. The fraction of sp³-hybridized carbons (Fsp3) is 0.727. The van der Waals surface area contributed by atoms with Gasteiger partial charge in [-0.05, 0) is 105 Å². The van der Waals surface area contributed by atoms with Gasteiger partial charge >= 0.3 is 5.97 Å². The average Bonchev–Trinajstić information content (AvgIpc) is 2.94. The molecule has 0 bridgehead atoms. The molecular weight excluding hydrogens is 444 g/mol. The van der Waals surface area contributed by atoms with Crippen LogP contribution < -0.4 is 0 Å². The van der Waals surface area contributed by atoms with Crippen molar-refractivity contribution in [3.63, 3.8) is 0 Å². The van der Waals surface area contributed by atoms with Crippen molar-refractivity contribution in [1.29, 1.82) is 0 Å². The van der Waals surface area contributed by atoms with Crippen molar-refractivity contribution >= 4 is 5.97 Å². The molecule has 0 aliphatic heterocycles. The van der Waals surface area contributed by atoms with E-state index in [-0.39, 0.29) is 18.3 Å². The molecule has 0 amide bonds. The van der Waals surface area contributed by atoms with Crippen molar-refractivity contribution in [3.05, 3.63) is 47.5 Å². The molecule has 0 heterocycles. The Morgan fingerprint density at radius 1 is 0.806 bits per heavy atom. The lowest BCUT2D eigenvalue weighted by molar-refractivity contribution is -0.146. The van der Waals surface area contributed by atoms with Gasteiger partial charge in [-0.3, -0.25) is 0 Å². The van der Waals surface area contributed by atoms with Crippen LogP contribution in [0.3, 0.4) is 0 Å². The lowest BCUT2D eigenvalue weighted by atomic mass is 9.68. The summed E-state index contributed by atoms with van der Waals surface area (Å²) in [6.07, 6.45) is 21.2. The summed E-state index contributed by atoms with van der Waals surface area (Å²) in [7, 11) is 0. The van der Waals surface area contributed by atoms with E-state index in [0.29, 0.717) is 5.92 Å². The Hall–Kier alpha value is -1.61. The van der Waals surface area contributed by atoms with Gasteiger partial charge in [0.2, 0.25) is 0 Å². The molecule has 3 aliphatic carbocycles. The van der Waals surface area contributed by atoms with Crippen LogP contribution >= 0.6 is 0 Å². The van der Waals surface area contributed by atoms with E-state index in [4.69, 9.17) is 9.84 Å². The number of rotatable bonds is 10. The number of ether oxygens (including phenoxy) is 1. The van der Waals surface area contributed by atoms with Crippen LogP contribution in [-0.2, 0) is 9.53 Å². The van der Waals surface area contributed by atoms with Crippen molar-refractivity contribution in [2.24, 2.45) is 17.8 Å². The summed E-state index contributed by atoms with van der Waals surface area (Å²) >= 11 is 0. The van der Waals surface area contributed by atoms with Crippen molar-refractivity contribution in [3.8, 4) is 0 Å². The number of carbonyl (C=O) groups is 1. The van der Waals surface area contributed by atoms with Gasteiger partial charge in [0.05, 0.1) is 12.2 Å². The zero-order chi connectivity index (χ0) is 25.3. The van der Waals surface area contributed by atoms with Crippen molar-refractivity contribution in [2.45, 2.75) is 128 Å². The summed E-state index contributed by atoms with van der Waals surface area (Å²) < 4.78 is 5.51. The minimum absolute atomic E-state index is 0.0392. The number of hydrogen-bond acceptors (Lipinski definition) is 3. The Kier molecular flexibility index (Phi) is 10.5. The highest BCUT2D eigenvalue weighted by Crippen LogP contribution is 2.45. The van der Waals surface area contributed by atoms with Gasteiger partial charge in [-0.1, -0.05) is 76.3 Å². The standard InChI is InChI=1S/C33H50O3/c1-3-4-5-6-25-7-9-26(10-8-25)27-11-13-28(14-12-27)29-15-17-30(18-16-29)31-19-21-32(22-20-31)36-33(35)24(2)23-34/h15-18,25-28,31-32,34H,2-14,19-23H2,1H3. The molecule has 0 spiro atoms. The number of aliphatic hydroxyl groups excluding tert-OH is 1. The van der Waals surface area contributed by atoms with Gasteiger partial charge in [-0.25, -0.2) is 4.79 Å². The van der Waals surface area contributed by atoms with Crippen LogP contribution in [0.5, 0.6) is 0 Å². The summed E-state index contributed by atoms with van der Waals surface area (Å²) in [6, 6.07) is 9.54. The quantitative estimate of drug-likeness (QED) is 0.202. The second kappa shape index (κ2) is 13.8. The van der Waals surface area contributed by atoms with Gasteiger partial charge in [-0.15, -0.1) is 0 Å². The summed E-state index contributed by atoms with van der Waals surface area (Å²) in [5.74, 6) is 3.87. The van der Waals surface area contributed by atoms with Crippen LogP contribution in [0.15, 0.2) is 36.4 Å². The molecule has 1 aromatic carbocycles. The van der Waals surface area contributed by atoms with Gasteiger partial charge in [0, 0.05) is 0 Å². The zero-order valence-electron chi connectivity index (χ0n) is 22.8. The number of unbranched alkanes of at least 4 members (excludes halogenated alkanes) is 2. The highest BCUT2D eigenvalue weighted by Gasteiger charge is 2.31. The average molecular weight is 495 g/mol. The Bertz CT molecular complexity index is 804. The molecule has 0 atom stereocenters. The lowest BCUT2D eigenvalue weighted by Gasteiger charge is -2.38. The monoisotopic (exact) mass is 494 g/mol. The molecule has 36 heavy (non-hydrogen) atoms. The van der Waals surface area contributed by atoms with Gasteiger partial charge in [-0.2, -0.15) is 0 Å². The maximum absolute atomic E-state index is 11.9. The SMILES string of the molecule is C=C(CO)C(=O)OC1CCC(c2ccc(C3CCC(C4CCC(CCCCC)CC4)CC3)cc2)CC1. The third-order valence-corrected chi connectivity index (χ3v) is 9.85. The Morgan fingerprint density at radius 3 is 1.81 bits per heavy atom. The topological polar surface area (TPSA) is 46.5 Å². The molecule has 3 fully saturated rings. The summed E-state index contributed by atoms with van der Waals surface area (Å²) in [5.41, 5.74) is 3.13. The third kappa shape index (κ3) is 7.46. The number of carbonyl (C=O) groups excluding carboxylic acids is 1. The van der Waals surface area contributed by atoms with E-state index in [1.165, 1.54) is 82.6 Å². The van der Waals surface area contributed by atoms with Crippen molar-refractivity contribution in [2.75, 3.05) is 6.61 Å². The van der Waals surface area contributed by atoms with E-state index in [1.807, 2.05) is 0 Å². The third-order valence-electron chi connectivity index (χ3n) is 9.85. The molecule has 1 N–H and O–H groups in total. The molecule has 3 heteroatoms. The minimum atomic E-state index is -0.449. The molecule has 0 unspecified atom stereocenters. The molecule has 3 saturated carbocycles. The summed E-state index contributed by atoms with van der Waals surface area (Å²) in [4.78, 5) is 11.9. The van der Waals surface area contributed by atoms with Crippen LogP contribution in [0.2, 0.25) is 0 Å². The molecule has 0 saturated heterocycles. The first-order chi connectivity index (χ1) is 17.6. The maximum Gasteiger partial charge on any atom is 0.336 e. The zero-order valence-corrected chi connectivity index (χ0v) is 22.8. The highest BCUT2D eigenvalue weighted by molar-refractivity contribution is 5.88. The van der Waals surface area contributed by atoms with Crippen molar-refractivity contribution < 1.29 is 14.6 Å². The van der Waals surface area contributed by atoms with E-state index >= 15 is 0 Å². The summed E-state index contributed by atoms with van der Waals surface area (Å²) in [5, 5.41) is 9.05. The van der Waals surface area contributed by atoms with E-state index in [1.54, 1.807) is 5.56 Å². The van der Waals surface area contributed by atoms with Gasteiger partial charge in [0.25, 0.3) is 0 Å². The maximum atomic E-state index is 11.9. The lowest BCUT2D eigenvalue weighted by Crippen LogP contribution is -2.25. The molecule has 200 valence electrons. The van der Waals surface area contributed by atoms with Crippen molar-refractivity contribution in [1.82, 2.24) is 0 Å². The first-order valence-electron chi connectivity index (χ1n) is 15.2. The fourth-order valence-corrected chi connectivity index (χ4v) is 7.41. The number of aliphatic hydroxyl groups is 1. The van der Waals surface area contributed by atoms with E-state index in [2.05, 4.69) is 37.8 Å². The summed E-state index contributed by atoms with van der Waals surface area (Å²) in [6.45, 7) is 5.55. The van der Waals surface area contributed by atoms with Crippen LogP contribution in [-0.4, -0.2) is 23.8 Å². The van der Waals surface area contributed by atoms with Gasteiger partial charge < -0.3 is 9.84 Å². The van der Waals surface area contributed by atoms with E-state index in [0.717, 1.165) is 49.4 Å². The normalized spacial score (nSPS) is 31.1. The predicted octanol–water partition coefficient (Wildman–Crippen LogP) is 8.47. The predicted molar refractivity (Wildman–Crippen MR) is 148 cm³/mol. The first kappa shape index (κ1) is 27.4. The second-order valence-electron chi connectivity index (χ2n) is 12.2. The molecule has 1 aromatic rings. The molecule has 4 rings (SSSR count). The molecule has 0 aromatic heterocycles. The van der Waals surface area contributed by atoms with Crippen LogP contribution in [0.1, 0.15) is 133 Å². The molecule has 3 nitrogen and oxygen atoms in total. The molecule has 3 aliphatic rings.